The zero-order valence-electron chi connectivity index (χ0n) is 17.8. The van der Waals surface area contributed by atoms with Crippen LogP contribution in [0.25, 0.3) is 0 Å². The second-order valence-electron chi connectivity index (χ2n) is 7.87. The third kappa shape index (κ3) is 4.44. The molecular formula is C25H26N2O3. The van der Waals surface area contributed by atoms with Crippen molar-refractivity contribution in [3.05, 3.63) is 82.1 Å². The fourth-order valence-corrected chi connectivity index (χ4v) is 3.85. The van der Waals surface area contributed by atoms with Gasteiger partial charge in [0.25, 0.3) is 0 Å². The topological polar surface area (TPSA) is 70.4 Å². The molecule has 2 aromatic rings. The lowest BCUT2D eigenvalue weighted by atomic mass is 9.83. The van der Waals surface area contributed by atoms with Crippen LogP contribution < -0.4 is 0 Å². The predicted molar refractivity (Wildman–Crippen MR) is 114 cm³/mol. The minimum atomic E-state index is -0.403. The zero-order valence-corrected chi connectivity index (χ0v) is 17.8. The molecule has 30 heavy (non-hydrogen) atoms. The Hall–Kier alpha value is -3.39. The van der Waals surface area contributed by atoms with Crippen LogP contribution in [0.4, 0.5) is 0 Å². The monoisotopic (exact) mass is 402 g/mol. The van der Waals surface area contributed by atoms with Crippen LogP contribution in [-0.4, -0.2) is 22.9 Å². The number of rotatable bonds is 5. The standard InChI is InChI=1S/C25H26N2O3/c1-16(2)30-25(29)24-18(4)27(15-21-10-6-5-9-20(21)14-26)23(28)13-22(24)19-11-7-8-17(3)12-19/h5-12,16,22H,13,15H2,1-4H3. The Bertz CT molecular complexity index is 1050. The largest absolute Gasteiger partial charge is 0.460 e. The summed E-state index contributed by atoms with van der Waals surface area (Å²) >= 11 is 0. The molecule has 5 nitrogen and oxygen atoms in total. The van der Waals surface area contributed by atoms with E-state index < -0.39 is 5.97 Å². The van der Waals surface area contributed by atoms with E-state index in [0.717, 1.165) is 16.7 Å². The average molecular weight is 402 g/mol. The molecule has 0 saturated heterocycles. The molecule has 154 valence electrons. The number of carbonyl (C=O) groups is 2. The summed E-state index contributed by atoms with van der Waals surface area (Å²) in [4.78, 5) is 27.8. The second-order valence-corrected chi connectivity index (χ2v) is 7.87. The van der Waals surface area contributed by atoms with E-state index in [-0.39, 0.29) is 30.9 Å². The number of esters is 1. The summed E-state index contributed by atoms with van der Waals surface area (Å²) in [5.41, 5.74) is 4.35. The van der Waals surface area contributed by atoms with Gasteiger partial charge in [-0.3, -0.25) is 4.79 Å². The summed E-state index contributed by atoms with van der Waals surface area (Å²) in [5.74, 6) is -0.834. The summed E-state index contributed by atoms with van der Waals surface area (Å²) < 4.78 is 5.53. The Kier molecular flexibility index (Phi) is 6.37. The number of allylic oxidation sites excluding steroid dienone is 1. The molecule has 0 N–H and O–H groups in total. The molecule has 0 bridgehead atoms. The van der Waals surface area contributed by atoms with Gasteiger partial charge in [-0.2, -0.15) is 5.26 Å². The quantitative estimate of drug-likeness (QED) is 0.685. The van der Waals surface area contributed by atoms with E-state index in [0.29, 0.717) is 16.8 Å². The first-order valence-electron chi connectivity index (χ1n) is 10.1. The highest BCUT2D eigenvalue weighted by molar-refractivity contribution is 5.96. The van der Waals surface area contributed by atoms with Gasteiger partial charge >= 0.3 is 5.97 Å². The number of carbonyl (C=O) groups excluding carboxylic acids is 2. The van der Waals surface area contributed by atoms with Crippen molar-refractivity contribution < 1.29 is 14.3 Å². The first kappa shape index (κ1) is 21.3. The number of hydrogen-bond donors (Lipinski definition) is 0. The molecule has 1 aliphatic heterocycles. The number of aryl methyl sites for hydroxylation is 1. The molecule has 3 rings (SSSR count). The number of nitriles is 1. The summed E-state index contributed by atoms with van der Waals surface area (Å²) in [6.07, 6.45) is -0.0840. The van der Waals surface area contributed by atoms with Crippen molar-refractivity contribution in [1.29, 1.82) is 5.26 Å². The van der Waals surface area contributed by atoms with Crippen LogP contribution in [-0.2, 0) is 20.9 Å². The van der Waals surface area contributed by atoms with E-state index in [1.807, 2.05) is 57.2 Å². The van der Waals surface area contributed by atoms with Gasteiger partial charge in [-0.15, -0.1) is 0 Å². The minimum Gasteiger partial charge on any atom is -0.460 e. The molecular weight excluding hydrogens is 376 g/mol. The lowest BCUT2D eigenvalue weighted by Crippen LogP contribution is -2.38. The van der Waals surface area contributed by atoms with Gasteiger partial charge in [0.1, 0.15) is 0 Å². The van der Waals surface area contributed by atoms with E-state index in [9.17, 15) is 14.9 Å². The molecule has 0 spiro atoms. The maximum Gasteiger partial charge on any atom is 0.336 e. The van der Waals surface area contributed by atoms with Crippen LogP contribution in [0.1, 0.15) is 55.4 Å². The van der Waals surface area contributed by atoms with E-state index >= 15 is 0 Å². The van der Waals surface area contributed by atoms with Crippen molar-refractivity contribution in [2.24, 2.45) is 0 Å². The zero-order chi connectivity index (χ0) is 21.8. The van der Waals surface area contributed by atoms with Gasteiger partial charge in [0.05, 0.1) is 29.9 Å². The van der Waals surface area contributed by atoms with Gasteiger partial charge in [0.2, 0.25) is 5.91 Å². The molecule has 0 aromatic heterocycles. The first-order valence-corrected chi connectivity index (χ1v) is 10.1. The number of nitrogens with zero attached hydrogens (tertiary/aromatic N) is 2. The Morgan fingerprint density at radius 3 is 2.60 bits per heavy atom. The molecule has 1 atom stereocenters. The van der Waals surface area contributed by atoms with E-state index in [2.05, 4.69) is 6.07 Å². The van der Waals surface area contributed by atoms with Gasteiger partial charge < -0.3 is 9.64 Å². The third-order valence-corrected chi connectivity index (χ3v) is 5.30. The summed E-state index contributed by atoms with van der Waals surface area (Å²) in [5, 5.41) is 9.40. The Morgan fingerprint density at radius 1 is 1.20 bits per heavy atom. The summed E-state index contributed by atoms with van der Waals surface area (Å²) in [7, 11) is 0. The summed E-state index contributed by atoms with van der Waals surface area (Å²) in [6, 6.07) is 17.2. The van der Waals surface area contributed by atoms with Crippen molar-refractivity contribution in [1.82, 2.24) is 4.90 Å². The van der Waals surface area contributed by atoms with Crippen LogP contribution in [0.5, 0.6) is 0 Å². The second kappa shape index (κ2) is 8.96. The average Bonchev–Trinajstić information content (AvgIpc) is 2.70. The Labute approximate surface area is 177 Å². The Balaban J connectivity index is 2.07. The fraction of sp³-hybridized carbons (Fsp3) is 0.320. The highest BCUT2D eigenvalue weighted by atomic mass is 16.5. The van der Waals surface area contributed by atoms with Gasteiger partial charge in [0, 0.05) is 18.0 Å². The lowest BCUT2D eigenvalue weighted by Gasteiger charge is -2.35. The maximum absolute atomic E-state index is 13.1. The summed E-state index contributed by atoms with van der Waals surface area (Å²) in [6.45, 7) is 7.63. The SMILES string of the molecule is CC1=C(C(=O)OC(C)C)C(c2cccc(C)c2)CC(=O)N1Cc1ccccc1C#N. The molecule has 0 radical (unpaired) electrons. The minimum absolute atomic E-state index is 0.0761. The van der Waals surface area contributed by atoms with Crippen molar-refractivity contribution in [3.8, 4) is 6.07 Å². The van der Waals surface area contributed by atoms with Crippen molar-refractivity contribution in [2.45, 2.75) is 52.7 Å². The molecule has 1 amide bonds. The Morgan fingerprint density at radius 2 is 1.93 bits per heavy atom. The van der Waals surface area contributed by atoms with Gasteiger partial charge in [-0.25, -0.2) is 4.79 Å². The van der Waals surface area contributed by atoms with E-state index in [1.54, 1.807) is 24.0 Å². The normalized spacial score (nSPS) is 16.6. The molecule has 1 aliphatic rings. The van der Waals surface area contributed by atoms with E-state index in [4.69, 9.17) is 4.74 Å². The smallest absolute Gasteiger partial charge is 0.336 e. The molecule has 1 unspecified atom stereocenters. The lowest BCUT2D eigenvalue weighted by molar-refractivity contribution is -0.143. The molecule has 2 aromatic carbocycles. The molecule has 1 heterocycles. The molecule has 0 aliphatic carbocycles. The predicted octanol–water partition coefficient (Wildman–Crippen LogP) is 4.61. The highest BCUT2D eigenvalue weighted by Crippen LogP contribution is 2.38. The van der Waals surface area contributed by atoms with Gasteiger partial charge in [0.15, 0.2) is 0 Å². The first-order chi connectivity index (χ1) is 14.3. The van der Waals surface area contributed by atoms with Gasteiger partial charge in [-0.05, 0) is 44.9 Å². The van der Waals surface area contributed by atoms with Crippen LogP contribution in [0.3, 0.4) is 0 Å². The van der Waals surface area contributed by atoms with Crippen molar-refractivity contribution >= 4 is 11.9 Å². The van der Waals surface area contributed by atoms with Crippen molar-refractivity contribution in [2.75, 3.05) is 0 Å². The number of hydrogen-bond acceptors (Lipinski definition) is 4. The number of benzene rings is 2. The number of amides is 1. The van der Waals surface area contributed by atoms with Gasteiger partial charge in [-0.1, -0.05) is 48.0 Å². The van der Waals surface area contributed by atoms with Crippen LogP contribution >= 0.6 is 0 Å². The van der Waals surface area contributed by atoms with Crippen molar-refractivity contribution in [3.63, 3.8) is 0 Å². The molecule has 5 heteroatoms. The highest BCUT2D eigenvalue weighted by Gasteiger charge is 2.37. The number of ether oxygens (including phenoxy) is 1. The van der Waals surface area contributed by atoms with Crippen LogP contribution in [0, 0.1) is 18.3 Å². The maximum atomic E-state index is 13.1. The fourth-order valence-electron chi connectivity index (χ4n) is 3.85. The third-order valence-electron chi connectivity index (χ3n) is 5.30. The molecule has 0 fully saturated rings. The molecule has 0 saturated carbocycles. The van der Waals surface area contributed by atoms with Crippen LogP contribution in [0.2, 0.25) is 0 Å². The van der Waals surface area contributed by atoms with Crippen LogP contribution in [0.15, 0.2) is 59.8 Å². The van der Waals surface area contributed by atoms with E-state index in [1.165, 1.54) is 0 Å².